The van der Waals surface area contributed by atoms with Crippen LogP contribution in [0.2, 0.25) is 0 Å². The summed E-state index contributed by atoms with van der Waals surface area (Å²) in [6, 6.07) is 10.4. The van der Waals surface area contributed by atoms with E-state index in [1.807, 2.05) is 34.8 Å². The van der Waals surface area contributed by atoms with Crippen LogP contribution in [0.3, 0.4) is 0 Å². The molecule has 12 heteroatoms. The van der Waals surface area contributed by atoms with Crippen LogP contribution in [0.25, 0.3) is 33.3 Å². The minimum atomic E-state index is 0.104. The maximum absolute atomic E-state index is 12.8. The summed E-state index contributed by atoms with van der Waals surface area (Å²) in [5, 5.41) is 6.63. The number of hydrogen-bond donors (Lipinski definition) is 2. The number of nitrogens with zero attached hydrogens (tertiary/aromatic N) is 6. The minimum absolute atomic E-state index is 0.104. The number of nitrogens with two attached hydrogens (primary N) is 1. The molecule has 0 fully saturated rings. The lowest BCUT2D eigenvalue weighted by molar-refractivity contribution is -0.133. The van der Waals surface area contributed by atoms with E-state index in [2.05, 4.69) is 38.1 Å². The van der Waals surface area contributed by atoms with Gasteiger partial charge in [0, 0.05) is 43.0 Å². The Morgan fingerprint density at radius 1 is 1.00 bits per heavy atom. The van der Waals surface area contributed by atoms with E-state index in [9.17, 15) is 4.79 Å². The van der Waals surface area contributed by atoms with Crippen LogP contribution in [0.15, 0.2) is 49.1 Å². The Bertz CT molecular complexity index is 1720. The van der Waals surface area contributed by atoms with Crippen LogP contribution in [0, 0.1) is 0 Å². The first kappa shape index (κ1) is 28.7. The Balaban J connectivity index is 1.09. The first-order valence-corrected chi connectivity index (χ1v) is 14.6. The van der Waals surface area contributed by atoms with Crippen LogP contribution in [0.1, 0.15) is 30.0 Å². The molecule has 0 aliphatic carbocycles. The number of carbonyl (C=O) groups excluding carboxylic acids is 1. The molecule has 3 N–H and O–H groups in total. The summed E-state index contributed by atoms with van der Waals surface area (Å²) in [5.74, 6) is 0.485. The van der Waals surface area contributed by atoms with Gasteiger partial charge in [0.2, 0.25) is 5.91 Å². The fourth-order valence-electron chi connectivity index (χ4n) is 5.40. The summed E-state index contributed by atoms with van der Waals surface area (Å²) in [4.78, 5) is 31.1. The molecule has 4 aromatic heterocycles. The summed E-state index contributed by atoms with van der Waals surface area (Å²) in [6.07, 6.45) is 6.27. The number of pyridine rings is 1. The number of rotatable bonds is 13. The SMILES string of the molecule is CCOCCOCCOCCC(=O)N1CCc2cc(Cn3nc(-c4cnc5[nH]ccc5c4)c4c(N)ncnc43)ccc2C1. The molecule has 0 radical (unpaired) electrons. The van der Waals surface area contributed by atoms with Gasteiger partial charge in [0.15, 0.2) is 5.65 Å². The quantitative estimate of drug-likeness (QED) is 0.199. The van der Waals surface area contributed by atoms with Crippen molar-refractivity contribution in [1.82, 2.24) is 34.6 Å². The van der Waals surface area contributed by atoms with Gasteiger partial charge in [0.1, 0.15) is 23.5 Å². The Kier molecular flexibility index (Phi) is 8.87. The number of benzene rings is 1. The Morgan fingerprint density at radius 3 is 2.70 bits per heavy atom. The van der Waals surface area contributed by atoms with Crippen LogP contribution in [-0.2, 0) is 38.5 Å². The topological polar surface area (TPSA) is 146 Å². The lowest BCUT2D eigenvalue weighted by Crippen LogP contribution is -2.36. The maximum Gasteiger partial charge on any atom is 0.225 e. The van der Waals surface area contributed by atoms with Crippen molar-refractivity contribution >= 4 is 33.8 Å². The summed E-state index contributed by atoms with van der Waals surface area (Å²) >= 11 is 0. The predicted octanol–water partition coefficient (Wildman–Crippen LogP) is 3.34. The van der Waals surface area contributed by atoms with Crippen LogP contribution >= 0.6 is 0 Å². The molecule has 1 aliphatic rings. The van der Waals surface area contributed by atoms with Crippen molar-refractivity contribution in [2.75, 3.05) is 51.9 Å². The van der Waals surface area contributed by atoms with Gasteiger partial charge in [0.05, 0.1) is 51.4 Å². The molecule has 0 saturated carbocycles. The van der Waals surface area contributed by atoms with Gasteiger partial charge in [-0.15, -0.1) is 0 Å². The third kappa shape index (κ3) is 6.51. The van der Waals surface area contributed by atoms with Gasteiger partial charge in [-0.05, 0) is 42.2 Å². The molecule has 1 amide bonds. The molecular weight excluding hydrogens is 548 g/mol. The standard InChI is InChI=1S/C31H36N8O4/c1-2-41-11-12-43-14-13-42-10-7-26(40)38-9-6-22-15-21(3-4-24(22)19-38)18-39-31-27(29(32)35-20-36-31)28(37-39)25-16-23-5-8-33-30(23)34-17-25/h3-5,8,15-17,20H,2,6-7,9-14,18-19H2,1H3,(H,33,34)(H2,32,35,36). The molecule has 6 rings (SSSR count). The molecule has 12 nitrogen and oxygen atoms in total. The second kappa shape index (κ2) is 13.3. The summed E-state index contributed by atoms with van der Waals surface area (Å²) in [5.41, 5.74) is 12.9. The Morgan fingerprint density at radius 2 is 1.84 bits per heavy atom. The van der Waals surface area contributed by atoms with Gasteiger partial charge in [-0.1, -0.05) is 18.2 Å². The number of nitrogen functional groups attached to an aromatic ring is 1. The highest BCUT2D eigenvalue weighted by Gasteiger charge is 2.22. The van der Waals surface area contributed by atoms with E-state index in [4.69, 9.17) is 25.0 Å². The average molecular weight is 585 g/mol. The molecule has 0 spiro atoms. The van der Waals surface area contributed by atoms with Crippen molar-refractivity contribution in [1.29, 1.82) is 0 Å². The number of carbonyl (C=O) groups is 1. The predicted molar refractivity (Wildman–Crippen MR) is 162 cm³/mol. The number of fused-ring (bicyclic) bond motifs is 3. The Labute approximate surface area is 249 Å². The van der Waals surface area contributed by atoms with Crippen molar-refractivity contribution in [3.8, 4) is 11.3 Å². The molecule has 224 valence electrons. The second-order valence-corrected chi connectivity index (χ2v) is 10.4. The highest BCUT2D eigenvalue weighted by molar-refractivity contribution is 5.99. The van der Waals surface area contributed by atoms with E-state index in [1.54, 1.807) is 6.20 Å². The number of aromatic amines is 1. The molecule has 0 unspecified atom stereocenters. The van der Waals surface area contributed by atoms with Crippen molar-refractivity contribution in [2.45, 2.75) is 32.9 Å². The highest BCUT2D eigenvalue weighted by Crippen LogP contribution is 2.31. The summed E-state index contributed by atoms with van der Waals surface area (Å²) in [7, 11) is 0. The van der Waals surface area contributed by atoms with Gasteiger partial charge >= 0.3 is 0 Å². The van der Waals surface area contributed by atoms with Gasteiger partial charge in [-0.25, -0.2) is 19.6 Å². The van der Waals surface area contributed by atoms with Gasteiger partial charge < -0.3 is 29.8 Å². The van der Waals surface area contributed by atoms with Gasteiger partial charge in [-0.3, -0.25) is 4.79 Å². The molecule has 5 heterocycles. The number of nitrogens with one attached hydrogen (secondary N) is 1. The van der Waals surface area contributed by atoms with Crippen LogP contribution in [-0.4, -0.2) is 86.7 Å². The number of amides is 1. The lowest BCUT2D eigenvalue weighted by Gasteiger charge is -2.29. The first-order chi connectivity index (χ1) is 21.1. The van der Waals surface area contributed by atoms with Crippen molar-refractivity contribution < 1.29 is 19.0 Å². The molecule has 0 bridgehead atoms. The monoisotopic (exact) mass is 584 g/mol. The zero-order chi connectivity index (χ0) is 29.6. The highest BCUT2D eigenvalue weighted by atomic mass is 16.5. The number of hydrogen-bond acceptors (Lipinski definition) is 9. The van der Waals surface area contributed by atoms with Crippen LogP contribution in [0.5, 0.6) is 0 Å². The number of H-pyrrole nitrogens is 1. The van der Waals surface area contributed by atoms with Crippen LogP contribution in [0.4, 0.5) is 5.82 Å². The van der Waals surface area contributed by atoms with E-state index in [-0.39, 0.29) is 5.91 Å². The lowest BCUT2D eigenvalue weighted by atomic mass is 9.97. The van der Waals surface area contributed by atoms with E-state index in [0.717, 1.165) is 34.1 Å². The zero-order valence-electron chi connectivity index (χ0n) is 24.3. The fraction of sp³-hybridized carbons (Fsp3) is 0.387. The first-order valence-electron chi connectivity index (χ1n) is 14.6. The molecule has 0 saturated heterocycles. The fourth-order valence-corrected chi connectivity index (χ4v) is 5.40. The second-order valence-electron chi connectivity index (χ2n) is 10.4. The van der Waals surface area contributed by atoms with E-state index in [0.29, 0.717) is 88.2 Å². The van der Waals surface area contributed by atoms with Gasteiger partial charge in [0.25, 0.3) is 0 Å². The number of aromatic nitrogens is 6. The smallest absolute Gasteiger partial charge is 0.225 e. The van der Waals surface area contributed by atoms with E-state index in [1.165, 1.54) is 11.9 Å². The molecule has 43 heavy (non-hydrogen) atoms. The number of ether oxygens (including phenoxy) is 3. The third-order valence-electron chi connectivity index (χ3n) is 7.61. The third-order valence-corrected chi connectivity index (χ3v) is 7.61. The number of anilines is 1. The molecule has 0 atom stereocenters. The maximum atomic E-state index is 12.8. The van der Waals surface area contributed by atoms with Gasteiger partial charge in [-0.2, -0.15) is 5.10 Å². The van der Waals surface area contributed by atoms with E-state index >= 15 is 0 Å². The van der Waals surface area contributed by atoms with E-state index < -0.39 is 0 Å². The van der Waals surface area contributed by atoms with Crippen molar-refractivity contribution in [3.63, 3.8) is 0 Å². The van der Waals surface area contributed by atoms with Crippen molar-refractivity contribution in [3.05, 3.63) is 65.7 Å². The zero-order valence-corrected chi connectivity index (χ0v) is 24.3. The molecular formula is C31H36N8O4. The minimum Gasteiger partial charge on any atom is -0.383 e. The largest absolute Gasteiger partial charge is 0.383 e. The van der Waals surface area contributed by atoms with Crippen LogP contribution < -0.4 is 5.73 Å². The normalized spacial score (nSPS) is 13.2. The molecule has 5 aromatic rings. The Hall–Kier alpha value is -4.39. The average Bonchev–Trinajstić information content (AvgIpc) is 3.65. The van der Waals surface area contributed by atoms with Crippen molar-refractivity contribution in [2.24, 2.45) is 0 Å². The molecule has 1 aromatic carbocycles. The summed E-state index contributed by atoms with van der Waals surface area (Å²) in [6.45, 7) is 6.94. The summed E-state index contributed by atoms with van der Waals surface area (Å²) < 4.78 is 18.1. The molecule has 1 aliphatic heterocycles.